The van der Waals surface area contributed by atoms with Crippen molar-refractivity contribution >= 4 is 43.5 Å². The van der Waals surface area contributed by atoms with Gasteiger partial charge in [-0.05, 0) is 50.8 Å². The van der Waals surface area contributed by atoms with Gasteiger partial charge in [0.1, 0.15) is 0 Å². The lowest BCUT2D eigenvalue weighted by Gasteiger charge is -2.36. The molecule has 11 heteroatoms. The maximum Gasteiger partial charge on any atom is 0.309 e. The number of esters is 1. The molecule has 0 bridgehead atoms. The van der Waals surface area contributed by atoms with Crippen molar-refractivity contribution in [1.82, 2.24) is 13.8 Å². The molecule has 0 saturated carbocycles. The minimum atomic E-state index is -3.70. The Labute approximate surface area is 197 Å². The number of amides is 1. The minimum Gasteiger partial charge on any atom is -0.466 e. The van der Waals surface area contributed by atoms with E-state index < -0.39 is 10.0 Å². The molecule has 2 fully saturated rings. The number of ether oxygens (including phenoxy) is 1. The fourth-order valence-corrected chi connectivity index (χ4v) is 7.11. The Morgan fingerprint density at radius 2 is 1.70 bits per heavy atom. The Balaban J connectivity index is 1.36. The van der Waals surface area contributed by atoms with Gasteiger partial charge in [-0.3, -0.25) is 14.4 Å². The highest BCUT2D eigenvalue weighted by atomic mass is 32.2. The summed E-state index contributed by atoms with van der Waals surface area (Å²) in [6, 6.07) is 4.76. The zero-order valence-electron chi connectivity index (χ0n) is 18.9. The van der Waals surface area contributed by atoms with Crippen LogP contribution in [-0.4, -0.2) is 66.9 Å². The zero-order chi connectivity index (χ0) is 23.8. The van der Waals surface area contributed by atoms with Gasteiger partial charge in [0.2, 0.25) is 15.9 Å². The standard InChI is InChI=1S/C22H29N3O6S2/c1-3-31-21(27)16-6-10-24(11-7-16)20(26)15-8-12-25(13-9-15)33(29,30)17-4-5-18-19(14-17)32-22(28)23(18)2/h4-5,14-16H,3,6-13H2,1-2H3. The van der Waals surface area contributed by atoms with Crippen LogP contribution in [0.3, 0.4) is 0 Å². The van der Waals surface area contributed by atoms with Gasteiger partial charge in [0, 0.05) is 39.1 Å². The van der Waals surface area contributed by atoms with Crippen molar-refractivity contribution in [2.24, 2.45) is 18.9 Å². The van der Waals surface area contributed by atoms with Gasteiger partial charge in [-0.2, -0.15) is 4.31 Å². The number of sulfonamides is 1. The monoisotopic (exact) mass is 495 g/mol. The number of likely N-dealkylation sites (tertiary alicyclic amines) is 1. The molecule has 0 atom stereocenters. The van der Waals surface area contributed by atoms with Gasteiger partial charge in [-0.1, -0.05) is 11.3 Å². The molecule has 2 aromatic rings. The van der Waals surface area contributed by atoms with E-state index in [-0.39, 0.29) is 46.6 Å². The molecule has 1 amide bonds. The Morgan fingerprint density at radius 3 is 2.33 bits per heavy atom. The summed E-state index contributed by atoms with van der Waals surface area (Å²) in [5.41, 5.74) is 0.708. The van der Waals surface area contributed by atoms with Gasteiger partial charge >= 0.3 is 10.8 Å². The highest BCUT2D eigenvalue weighted by molar-refractivity contribution is 7.89. The second kappa shape index (κ2) is 9.55. The van der Waals surface area contributed by atoms with Crippen LogP contribution in [0.15, 0.2) is 27.9 Å². The molecular formula is C22H29N3O6S2. The Hall–Kier alpha value is -2.24. The Kier molecular flexibility index (Phi) is 6.92. The molecule has 0 N–H and O–H groups in total. The summed E-state index contributed by atoms with van der Waals surface area (Å²) in [5.74, 6) is -0.507. The van der Waals surface area contributed by atoms with Crippen molar-refractivity contribution in [3.05, 3.63) is 27.9 Å². The average molecular weight is 496 g/mol. The van der Waals surface area contributed by atoms with Crippen LogP contribution < -0.4 is 4.87 Å². The van der Waals surface area contributed by atoms with Gasteiger partial charge in [-0.15, -0.1) is 0 Å². The molecule has 0 spiro atoms. The summed E-state index contributed by atoms with van der Waals surface area (Å²) in [5, 5.41) is 0. The van der Waals surface area contributed by atoms with Crippen molar-refractivity contribution in [3.8, 4) is 0 Å². The number of aryl methyl sites for hydroxylation is 1. The summed E-state index contributed by atoms with van der Waals surface area (Å²) in [6.45, 7) is 3.76. The number of carbonyl (C=O) groups excluding carboxylic acids is 2. The maximum absolute atomic E-state index is 13.2. The Morgan fingerprint density at radius 1 is 1.06 bits per heavy atom. The first kappa shape index (κ1) is 23.9. The van der Waals surface area contributed by atoms with E-state index in [1.807, 2.05) is 0 Å². The molecule has 3 heterocycles. The van der Waals surface area contributed by atoms with Crippen molar-refractivity contribution in [1.29, 1.82) is 0 Å². The zero-order valence-corrected chi connectivity index (χ0v) is 20.5. The number of hydrogen-bond donors (Lipinski definition) is 0. The number of thiazole rings is 1. The van der Waals surface area contributed by atoms with Crippen LogP contribution in [0.4, 0.5) is 0 Å². The molecule has 1 aromatic heterocycles. The maximum atomic E-state index is 13.2. The van der Waals surface area contributed by atoms with E-state index >= 15 is 0 Å². The fraction of sp³-hybridized carbons (Fsp3) is 0.591. The third-order valence-corrected chi connectivity index (χ3v) is 9.52. The Bertz CT molecular complexity index is 1200. The number of piperidine rings is 2. The highest BCUT2D eigenvalue weighted by Gasteiger charge is 2.36. The molecule has 2 aliphatic rings. The predicted molar refractivity (Wildman–Crippen MR) is 124 cm³/mol. The number of nitrogens with zero attached hydrogens (tertiary/aromatic N) is 3. The number of hydrogen-bond acceptors (Lipinski definition) is 7. The normalized spacial score (nSPS) is 19.2. The van der Waals surface area contributed by atoms with Gasteiger partial charge in [0.15, 0.2) is 0 Å². The van der Waals surface area contributed by atoms with Crippen LogP contribution in [-0.2, 0) is 31.4 Å². The minimum absolute atomic E-state index is 0.0461. The molecule has 2 saturated heterocycles. The van der Waals surface area contributed by atoms with Crippen LogP contribution in [0.2, 0.25) is 0 Å². The summed E-state index contributed by atoms with van der Waals surface area (Å²) < 4.78 is 35.0. The highest BCUT2D eigenvalue weighted by Crippen LogP contribution is 2.29. The fourth-order valence-electron chi connectivity index (χ4n) is 4.62. The van der Waals surface area contributed by atoms with Crippen molar-refractivity contribution in [2.45, 2.75) is 37.5 Å². The lowest BCUT2D eigenvalue weighted by molar-refractivity contribution is -0.152. The third kappa shape index (κ3) is 4.71. The van der Waals surface area contributed by atoms with E-state index in [4.69, 9.17) is 4.74 Å². The van der Waals surface area contributed by atoms with Crippen molar-refractivity contribution in [3.63, 3.8) is 0 Å². The lowest BCUT2D eigenvalue weighted by atomic mass is 9.92. The van der Waals surface area contributed by atoms with Crippen LogP contribution in [0.25, 0.3) is 10.2 Å². The third-order valence-electron chi connectivity index (χ3n) is 6.63. The quantitative estimate of drug-likeness (QED) is 0.586. The molecule has 33 heavy (non-hydrogen) atoms. The van der Waals surface area contributed by atoms with Crippen LogP contribution in [0.5, 0.6) is 0 Å². The number of aromatic nitrogens is 1. The number of rotatable bonds is 5. The largest absolute Gasteiger partial charge is 0.466 e. The second-order valence-corrected chi connectivity index (χ2v) is 11.5. The predicted octanol–water partition coefficient (Wildman–Crippen LogP) is 1.80. The van der Waals surface area contributed by atoms with E-state index in [0.717, 1.165) is 11.3 Å². The van der Waals surface area contributed by atoms with E-state index in [1.54, 1.807) is 31.0 Å². The van der Waals surface area contributed by atoms with Gasteiger partial charge in [0.05, 0.1) is 27.6 Å². The number of fused-ring (bicyclic) bond motifs is 1. The molecule has 2 aliphatic heterocycles. The van der Waals surface area contributed by atoms with E-state index in [9.17, 15) is 22.8 Å². The first-order chi connectivity index (χ1) is 15.7. The molecule has 180 valence electrons. The van der Waals surface area contributed by atoms with Crippen LogP contribution >= 0.6 is 11.3 Å². The average Bonchev–Trinajstić information content (AvgIpc) is 3.11. The molecule has 4 rings (SSSR count). The summed E-state index contributed by atoms with van der Waals surface area (Å²) in [7, 11) is -2.04. The summed E-state index contributed by atoms with van der Waals surface area (Å²) in [4.78, 5) is 38.6. The van der Waals surface area contributed by atoms with Crippen molar-refractivity contribution in [2.75, 3.05) is 32.8 Å². The van der Waals surface area contributed by atoms with E-state index in [1.165, 1.54) is 14.9 Å². The summed E-state index contributed by atoms with van der Waals surface area (Å²) >= 11 is 1.03. The van der Waals surface area contributed by atoms with Gasteiger partial charge < -0.3 is 14.2 Å². The van der Waals surface area contributed by atoms with Gasteiger partial charge in [0.25, 0.3) is 0 Å². The summed E-state index contributed by atoms with van der Waals surface area (Å²) in [6.07, 6.45) is 2.14. The van der Waals surface area contributed by atoms with Crippen LogP contribution in [0.1, 0.15) is 32.6 Å². The van der Waals surface area contributed by atoms with E-state index in [2.05, 4.69) is 0 Å². The first-order valence-electron chi connectivity index (χ1n) is 11.3. The number of benzene rings is 1. The van der Waals surface area contributed by atoms with Gasteiger partial charge in [-0.25, -0.2) is 8.42 Å². The molecule has 1 aromatic carbocycles. The van der Waals surface area contributed by atoms with Crippen molar-refractivity contribution < 1.29 is 22.7 Å². The first-order valence-corrected chi connectivity index (χ1v) is 13.5. The molecule has 9 nitrogen and oxygen atoms in total. The van der Waals surface area contributed by atoms with Crippen LogP contribution in [0, 0.1) is 11.8 Å². The molecule has 0 radical (unpaired) electrons. The topological polar surface area (TPSA) is 106 Å². The molecular weight excluding hydrogens is 466 g/mol. The number of carbonyl (C=O) groups is 2. The SMILES string of the molecule is CCOC(=O)C1CCN(C(=O)C2CCN(S(=O)(=O)c3ccc4c(c3)sc(=O)n4C)CC2)CC1. The lowest BCUT2D eigenvalue weighted by Crippen LogP contribution is -2.47. The van der Waals surface area contributed by atoms with E-state index in [0.29, 0.717) is 55.6 Å². The molecule has 0 aliphatic carbocycles. The second-order valence-electron chi connectivity index (χ2n) is 8.59. The smallest absolute Gasteiger partial charge is 0.309 e. The molecule has 0 unspecified atom stereocenters.